The molecule has 1 aliphatic rings. The number of aromatic nitrogens is 5. The van der Waals surface area contributed by atoms with E-state index in [1.807, 2.05) is 23.0 Å². The quantitative estimate of drug-likeness (QED) is 0.708. The molecule has 122 valence electrons. The highest BCUT2D eigenvalue weighted by molar-refractivity contribution is 6.29. The zero-order valence-electron chi connectivity index (χ0n) is 12.4. The monoisotopic (exact) mass is 345 g/mol. The first-order valence-corrected chi connectivity index (χ1v) is 7.70. The van der Waals surface area contributed by atoms with Crippen molar-refractivity contribution in [2.45, 2.75) is 25.4 Å². The third kappa shape index (κ3) is 3.00. The zero-order chi connectivity index (χ0) is 16.7. The number of fused-ring (bicyclic) bond motifs is 1. The highest BCUT2D eigenvalue weighted by Crippen LogP contribution is 2.39. The molecule has 1 saturated carbocycles. The number of rotatable bonds is 5. The van der Waals surface area contributed by atoms with Crippen molar-refractivity contribution in [3.05, 3.63) is 46.9 Å². The van der Waals surface area contributed by atoms with Gasteiger partial charge in [-0.2, -0.15) is 4.98 Å². The second-order valence-electron chi connectivity index (χ2n) is 5.55. The fourth-order valence-corrected chi connectivity index (χ4v) is 2.53. The molecule has 3 aromatic rings. The van der Waals surface area contributed by atoms with Crippen molar-refractivity contribution in [1.82, 2.24) is 24.3 Å². The molecule has 0 spiro atoms. The second-order valence-corrected chi connectivity index (χ2v) is 5.93. The van der Waals surface area contributed by atoms with E-state index in [9.17, 15) is 4.79 Å². The summed E-state index contributed by atoms with van der Waals surface area (Å²) in [5.74, 6) is -0.405. The molecule has 24 heavy (non-hydrogen) atoms. The summed E-state index contributed by atoms with van der Waals surface area (Å²) in [5.41, 5.74) is 1.86. The number of ether oxygens (including phenoxy) is 1. The Morgan fingerprint density at radius 2 is 2.17 bits per heavy atom. The summed E-state index contributed by atoms with van der Waals surface area (Å²) in [4.78, 5) is 27.0. The number of hydrogen-bond acceptors (Lipinski definition) is 6. The largest absolute Gasteiger partial charge is 0.475 e. The molecule has 3 aromatic heterocycles. The van der Waals surface area contributed by atoms with Crippen LogP contribution in [-0.4, -0.2) is 35.4 Å². The molecule has 0 atom stereocenters. The lowest BCUT2D eigenvalue weighted by Gasteiger charge is -2.04. The lowest BCUT2D eigenvalue weighted by Crippen LogP contribution is -2.06. The molecule has 4 rings (SSSR count). The fraction of sp³-hybridized carbons (Fsp3) is 0.267. The van der Waals surface area contributed by atoms with Crippen LogP contribution >= 0.6 is 11.6 Å². The molecule has 1 aliphatic carbocycles. The summed E-state index contributed by atoms with van der Waals surface area (Å²) >= 11 is 5.77. The van der Waals surface area contributed by atoms with Crippen LogP contribution in [0.4, 0.5) is 0 Å². The van der Waals surface area contributed by atoms with E-state index in [4.69, 9.17) is 21.4 Å². The highest BCUT2D eigenvalue weighted by Gasteiger charge is 2.24. The van der Waals surface area contributed by atoms with Crippen molar-refractivity contribution >= 4 is 23.3 Å². The van der Waals surface area contributed by atoms with Gasteiger partial charge >= 0.3 is 5.97 Å². The third-order valence-electron chi connectivity index (χ3n) is 3.66. The average molecular weight is 346 g/mol. The molecule has 0 radical (unpaired) electrons. The Morgan fingerprint density at radius 1 is 1.33 bits per heavy atom. The molecule has 0 amide bonds. The molecule has 0 aliphatic heterocycles. The Labute approximate surface area is 141 Å². The van der Waals surface area contributed by atoms with Gasteiger partial charge in [-0.15, -0.1) is 0 Å². The molecule has 1 N–H and O–H groups in total. The molecule has 0 saturated heterocycles. The van der Waals surface area contributed by atoms with Gasteiger partial charge in [0.1, 0.15) is 11.8 Å². The fourth-order valence-electron chi connectivity index (χ4n) is 2.36. The van der Waals surface area contributed by atoms with Crippen molar-refractivity contribution in [2.24, 2.45) is 0 Å². The number of carbonyl (C=O) groups is 1. The Balaban J connectivity index is 1.53. The first kappa shape index (κ1) is 14.8. The van der Waals surface area contributed by atoms with Crippen molar-refractivity contribution < 1.29 is 14.6 Å². The summed E-state index contributed by atoms with van der Waals surface area (Å²) < 4.78 is 7.34. The van der Waals surface area contributed by atoms with E-state index in [1.165, 1.54) is 24.5 Å². The number of aromatic carboxylic acids is 1. The summed E-state index contributed by atoms with van der Waals surface area (Å²) in [6.07, 6.45) is 8.13. The van der Waals surface area contributed by atoms with Crippen LogP contribution in [0.1, 0.15) is 40.6 Å². The van der Waals surface area contributed by atoms with Crippen LogP contribution in [0.3, 0.4) is 0 Å². The molecule has 8 nitrogen and oxygen atoms in total. The summed E-state index contributed by atoms with van der Waals surface area (Å²) in [6, 6.07) is 1.35. The van der Waals surface area contributed by atoms with Crippen LogP contribution in [0.2, 0.25) is 5.15 Å². The molecular weight excluding hydrogens is 334 g/mol. The van der Waals surface area contributed by atoms with Gasteiger partial charge in [-0.3, -0.25) is 4.40 Å². The Morgan fingerprint density at radius 3 is 2.92 bits per heavy atom. The van der Waals surface area contributed by atoms with E-state index >= 15 is 0 Å². The van der Waals surface area contributed by atoms with E-state index in [-0.39, 0.29) is 17.6 Å². The lowest BCUT2D eigenvalue weighted by molar-refractivity contribution is 0.0681. The smallest absolute Gasteiger partial charge is 0.374 e. The standard InChI is InChI=1S/C15H12ClN5O3/c16-11-3-12(20-13(19-11)14(22)23)24-7-10-6-21-5-9(8-1-2-8)4-17-15(21)18-10/h3-6,8H,1-2,7H2,(H,22,23). The Bertz CT molecular complexity index is 938. The van der Waals surface area contributed by atoms with Gasteiger partial charge < -0.3 is 9.84 Å². The SMILES string of the molecule is O=C(O)c1nc(Cl)cc(OCc2cn3cc(C4CC4)cnc3n2)n1. The topological polar surface area (TPSA) is 102 Å². The van der Waals surface area contributed by atoms with E-state index in [0.29, 0.717) is 17.4 Å². The van der Waals surface area contributed by atoms with Crippen LogP contribution in [0, 0.1) is 0 Å². The van der Waals surface area contributed by atoms with E-state index in [1.54, 1.807) is 0 Å². The highest BCUT2D eigenvalue weighted by atomic mass is 35.5. The number of carboxylic acid groups (broad SMARTS) is 1. The minimum absolute atomic E-state index is 0.00291. The van der Waals surface area contributed by atoms with E-state index in [0.717, 1.165) is 0 Å². The maximum atomic E-state index is 10.9. The predicted octanol–water partition coefficient (Wildman–Crippen LogP) is 2.33. The van der Waals surface area contributed by atoms with Gasteiger partial charge in [-0.05, 0) is 24.3 Å². The van der Waals surface area contributed by atoms with Crippen LogP contribution in [0.15, 0.2) is 24.7 Å². The van der Waals surface area contributed by atoms with Crippen LogP contribution in [-0.2, 0) is 6.61 Å². The second kappa shape index (κ2) is 5.72. The average Bonchev–Trinajstić information content (AvgIpc) is 3.32. The molecule has 0 aromatic carbocycles. The van der Waals surface area contributed by atoms with Gasteiger partial charge in [0.15, 0.2) is 0 Å². The first-order chi connectivity index (χ1) is 11.6. The Kier molecular flexibility index (Phi) is 3.53. The van der Waals surface area contributed by atoms with E-state index < -0.39 is 11.8 Å². The summed E-state index contributed by atoms with van der Waals surface area (Å²) in [6.45, 7) is 0.120. The molecular formula is C15H12ClN5O3. The van der Waals surface area contributed by atoms with Crippen molar-refractivity contribution in [2.75, 3.05) is 0 Å². The van der Waals surface area contributed by atoms with E-state index in [2.05, 4.69) is 19.9 Å². The number of hydrogen-bond donors (Lipinski definition) is 1. The van der Waals surface area contributed by atoms with Gasteiger partial charge in [0.2, 0.25) is 17.5 Å². The number of imidazole rings is 1. The summed E-state index contributed by atoms with van der Waals surface area (Å²) in [5, 5.41) is 8.93. The lowest BCUT2D eigenvalue weighted by atomic mass is 10.2. The molecule has 3 heterocycles. The minimum Gasteiger partial charge on any atom is -0.475 e. The van der Waals surface area contributed by atoms with Crippen molar-refractivity contribution in [1.29, 1.82) is 0 Å². The summed E-state index contributed by atoms with van der Waals surface area (Å²) in [7, 11) is 0. The maximum Gasteiger partial charge on any atom is 0.374 e. The maximum absolute atomic E-state index is 10.9. The van der Waals surface area contributed by atoms with Gasteiger partial charge in [0, 0.05) is 24.7 Å². The zero-order valence-corrected chi connectivity index (χ0v) is 13.1. The van der Waals surface area contributed by atoms with Gasteiger partial charge in [0.25, 0.3) is 0 Å². The predicted molar refractivity (Wildman–Crippen MR) is 83.3 cm³/mol. The van der Waals surface area contributed by atoms with Gasteiger partial charge in [-0.1, -0.05) is 11.6 Å². The molecule has 9 heteroatoms. The molecule has 1 fully saturated rings. The number of halogens is 1. The van der Waals surface area contributed by atoms with Crippen LogP contribution in [0.25, 0.3) is 5.78 Å². The first-order valence-electron chi connectivity index (χ1n) is 7.33. The van der Waals surface area contributed by atoms with Crippen molar-refractivity contribution in [3.8, 4) is 5.88 Å². The van der Waals surface area contributed by atoms with Gasteiger partial charge in [0.05, 0.1) is 5.69 Å². The molecule has 0 bridgehead atoms. The molecule has 0 unspecified atom stereocenters. The number of nitrogens with zero attached hydrogens (tertiary/aromatic N) is 5. The van der Waals surface area contributed by atoms with Crippen molar-refractivity contribution in [3.63, 3.8) is 0 Å². The minimum atomic E-state index is -1.27. The van der Waals surface area contributed by atoms with Crippen LogP contribution < -0.4 is 4.74 Å². The normalized spacial score (nSPS) is 14.0. The Hall–Kier alpha value is -2.74. The number of carboxylic acids is 1. The van der Waals surface area contributed by atoms with Gasteiger partial charge in [-0.25, -0.2) is 19.7 Å². The third-order valence-corrected chi connectivity index (χ3v) is 3.85. The van der Waals surface area contributed by atoms with Crippen LogP contribution in [0.5, 0.6) is 5.88 Å².